The van der Waals surface area contributed by atoms with Gasteiger partial charge in [0.05, 0.1) is 5.71 Å². The number of carbonyl (C=O) groups excluding carboxylic acids is 1. The van der Waals surface area contributed by atoms with E-state index in [-0.39, 0.29) is 5.78 Å². The first-order valence-corrected chi connectivity index (χ1v) is 3.70. The number of hydrogen-bond donors (Lipinski definition) is 0. The summed E-state index contributed by atoms with van der Waals surface area (Å²) in [5.74, 6) is 0.0797. The quantitative estimate of drug-likeness (QED) is 0.434. The van der Waals surface area contributed by atoms with Crippen molar-refractivity contribution >= 4 is 11.5 Å². The largest absolute Gasteiger partial charge is 0.293 e. The Labute approximate surface area is 62.4 Å². The van der Waals surface area contributed by atoms with Crippen molar-refractivity contribution in [3.05, 3.63) is 0 Å². The molecule has 0 bridgehead atoms. The van der Waals surface area contributed by atoms with E-state index in [0.717, 1.165) is 19.4 Å². The zero-order valence-electron chi connectivity index (χ0n) is 6.98. The monoisotopic (exact) mass is 141 g/mol. The van der Waals surface area contributed by atoms with Gasteiger partial charge in [-0.05, 0) is 13.3 Å². The van der Waals surface area contributed by atoms with E-state index in [1.165, 1.54) is 0 Å². The van der Waals surface area contributed by atoms with Gasteiger partial charge in [-0.2, -0.15) is 0 Å². The molecule has 2 heteroatoms. The highest BCUT2D eigenvalue weighted by molar-refractivity contribution is 6.37. The van der Waals surface area contributed by atoms with Crippen LogP contribution in [0.15, 0.2) is 4.99 Å². The van der Waals surface area contributed by atoms with E-state index in [0.29, 0.717) is 5.71 Å². The minimum Gasteiger partial charge on any atom is -0.293 e. The lowest BCUT2D eigenvalue weighted by atomic mass is 10.3. The Morgan fingerprint density at radius 1 is 1.40 bits per heavy atom. The molecule has 58 valence electrons. The topological polar surface area (TPSA) is 29.4 Å². The average molecular weight is 141 g/mol. The van der Waals surface area contributed by atoms with Gasteiger partial charge in [0.25, 0.3) is 0 Å². The molecule has 0 aromatic heterocycles. The van der Waals surface area contributed by atoms with Crippen LogP contribution in [0.5, 0.6) is 0 Å². The summed E-state index contributed by atoms with van der Waals surface area (Å²) in [6.07, 6.45) is 2.21. The fraction of sp³-hybridized carbons (Fsp3) is 0.750. The van der Waals surface area contributed by atoms with E-state index < -0.39 is 0 Å². The predicted octanol–water partition coefficient (Wildman–Crippen LogP) is 1.84. The fourth-order valence-corrected chi connectivity index (χ4v) is 0.516. The summed E-state index contributed by atoms with van der Waals surface area (Å²) in [6, 6.07) is 0. The van der Waals surface area contributed by atoms with Gasteiger partial charge >= 0.3 is 0 Å². The van der Waals surface area contributed by atoms with Crippen molar-refractivity contribution in [3.63, 3.8) is 0 Å². The molecule has 0 aliphatic carbocycles. The molecular weight excluding hydrogens is 126 g/mol. The van der Waals surface area contributed by atoms with Gasteiger partial charge in [-0.15, -0.1) is 0 Å². The van der Waals surface area contributed by atoms with Crippen molar-refractivity contribution in [3.8, 4) is 0 Å². The number of hydrogen-bond acceptors (Lipinski definition) is 2. The van der Waals surface area contributed by atoms with E-state index in [9.17, 15) is 4.79 Å². The lowest BCUT2D eigenvalue weighted by molar-refractivity contribution is -0.111. The minimum atomic E-state index is 0.0797. The molecular formula is C8H15NO. The Hall–Kier alpha value is -0.660. The lowest BCUT2D eigenvalue weighted by Crippen LogP contribution is -2.04. The molecule has 0 aliphatic rings. The van der Waals surface area contributed by atoms with Crippen LogP contribution >= 0.6 is 0 Å². The number of nitrogens with zero attached hydrogens (tertiary/aromatic N) is 1. The Bertz CT molecular complexity index is 138. The summed E-state index contributed by atoms with van der Waals surface area (Å²) < 4.78 is 0. The van der Waals surface area contributed by atoms with Crippen molar-refractivity contribution in [1.82, 2.24) is 0 Å². The van der Waals surface area contributed by atoms with Crippen molar-refractivity contribution < 1.29 is 4.79 Å². The molecule has 0 spiro atoms. The Morgan fingerprint density at radius 2 is 2.00 bits per heavy atom. The number of ketones is 1. The van der Waals surface area contributed by atoms with Gasteiger partial charge < -0.3 is 0 Å². The van der Waals surface area contributed by atoms with Gasteiger partial charge in [-0.3, -0.25) is 9.79 Å². The molecule has 0 fully saturated rings. The highest BCUT2D eigenvalue weighted by Gasteiger charge is 1.94. The number of Topliss-reactive ketones (excluding diaryl/α,β-unsaturated/α-hetero) is 1. The van der Waals surface area contributed by atoms with E-state index in [2.05, 4.69) is 11.9 Å². The van der Waals surface area contributed by atoms with Crippen LogP contribution in [0.25, 0.3) is 0 Å². The van der Waals surface area contributed by atoms with E-state index in [1.54, 1.807) is 13.8 Å². The lowest BCUT2D eigenvalue weighted by Gasteiger charge is -1.93. The van der Waals surface area contributed by atoms with Crippen molar-refractivity contribution in [1.29, 1.82) is 0 Å². The van der Waals surface area contributed by atoms with Crippen LogP contribution in [0.3, 0.4) is 0 Å². The first-order valence-electron chi connectivity index (χ1n) is 3.70. The SMILES string of the molecule is CCCC/N=C(/C)C(C)=O. The standard InChI is InChI=1S/C8H15NO/c1-4-5-6-9-7(2)8(3)10/h4-6H2,1-3H3/b9-7-. The fourth-order valence-electron chi connectivity index (χ4n) is 0.516. The Balaban J connectivity index is 3.58. The first-order chi connectivity index (χ1) is 4.68. The third kappa shape index (κ3) is 4.24. The number of unbranched alkanes of at least 4 members (excludes halogenated alkanes) is 1. The summed E-state index contributed by atoms with van der Waals surface area (Å²) >= 11 is 0. The third-order valence-corrected chi connectivity index (χ3v) is 1.37. The smallest absolute Gasteiger partial charge is 0.173 e. The number of rotatable bonds is 4. The summed E-state index contributed by atoms with van der Waals surface area (Å²) in [5.41, 5.74) is 0.647. The molecule has 0 aromatic rings. The van der Waals surface area contributed by atoms with Gasteiger partial charge in [0.15, 0.2) is 5.78 Å². The maximum atomic E-state index is 10.6. The van der Waals surface area contributed by atoms with Crippen LogP contribution in [-0.4, -0.2) is 18.0 Å². The van der Waals surface area contributed by atoms with Crippen LogP contribution in [0.4, 0.5) is 0 Å². The van der Waals surface area contributed by atoms with Gasteiger partial charge in [0.1, 0.15) is 0 Å². The number of carbonyl (C=O) groups is 1. The second kappa shape index (κ2) is 5.15. The van der Waals surface area contributed by atoms with E-state index in [1.807, 2.05) is 0 Å². The van der Waals surface area contributed by atoms with Crippen molar-refractivity contribution in [2.24, 2.45) is 4.99 Å². The normalized spacial score (nSPS) is 11.7. The molecule has 0 unspecified atom stereocenters. The molecule has 0 aromatic carbocycles. The second-order valence-corrected chi connectivity index (χ2v) is 2.38. The molecule has 0 rings (SSSR count). The highest BCUT2D eigenvalue weighted by Crippen LogP contribution is 1.88. The molecule has 10 heavy (non-hydrogen) atoms. The molecule has 0 saturated heterocycles. The van der Waals surface area contributed by atoms with E-state index in [4.69, 9.17) is 0 Å². The van der Waals surface area contributed by atoms with Crippen LogP contribution in [-0.2, 0) is 4.79 Å². The summed E-state index contributed by atoms with van der Waals surface area (Å²) in [5, 5.41) is 0. The molecule has 0 heterocycles. The predicted molar refractivity (Wildman–Crippen MR) is 43.6 cm³/mol. The first kappa shape index (κ1) is 9.34. The van der Waals surface area contributed by atoms with Crippen molar-refractivity contribution in [2.45, 2.75) is 33.6 Å². The highest BCUT2D eigenvalue weighted by atomic mass is 16.1. The Morgan fingerprint density at radius 3 is 2.40 bits per heavy atom. The second-order valence-electron chi connectivity index (χ2n) is 2.38. The number of aliphatic imine (C=N–C) groups is 1. The van der Waals surface area contributed by atoms with Crippen LogP contribution in [0.1, 0.15) is 33.6 Å². The van der Waals surface area contributed by atoms with Gasteiger partial charge in [0.2, 0.25) is 0 Å². The van der Waals surface area contributed by atoms with E-state index >= 15 is 0 Å². The maximum absolute atomic E-state index is 10.6. The average Bonchev–Trinajstić information content (AvgIpc) is 1.88. The molecule has 2 nitrogen and oxygen atoms in total. The molecule has 0 amide bonds. The van der Waals surface area contributed by atoms with Gasteiger partial charge in [0, 0.05) is 13.5 Å². The van der Waals surface area contributed by atoms with Crippen LogP contribution in [0, 0.1) is 0 Å². The molecule has 0 radical (unpaired) electrons. The van der Waals surface area contributed by atoms with Crippen LogP contribution < -0.4 is 0 Å². The van der Waals surface area contributed by atoms with Crippen molar-refractivity contribution in [2.75, 3.05) is 6.54 Å². The molecule has 0 atom stereocenters. The summed E-state index contributed by atoms with van der Waals surface area (Å²) in [6.45, 7) is 6.21. The zero-order chi connectivity index (χ0) is 7.98. The van der Waals surface area contributed by atoms with Gasteiger partial charge in [-0.25, -0.2) is 0 Å². The maximum Gasteiger partial charge on any atom is 0.173 e. The minimum absolute atomic E-state index is 0.0797. The Kier molecular flexibility index (Phi) is 4.81. The molecule has 0 aliphatic heterocycles. The zero-order valence-corrected chi connectivity index (χ0v) is 6.98. The summed E-state index contributed by atoms with van der Waals surface area (Å²) in [4.78, 5) is 14.7. The molecule has 0 N–H and O–H groups in total. The van der Waals surface area contributed by atoms with Gasteiger partial charge in [-0.1, -0.05) is 13.3 Å². The summed E-state index contributed by atoms with van der Waals surface area (Å²) in [7, 11) is 0. The third-order valence-electron chi connectivity index (χ3n) is 1.37. The van der Waals surface area contributed by atoms with Crippen LogP contribution in [0.2, 0.25) is 0 Å². The molecule has 0 saturated carbocycles.